The van der Waals surface area contributed by atoms with E-state index in [1.165, 1.54) is 11.4 Å². The minimum atomic E-state index is 0.278. The number of hydrogen-bond acceptors (Lipinski definition) is 4. The van der Waals surface area contributed by atoms with Crippen molar-refractivity contribution in [2.24, 2.45) is 4.99 Å². The highest BCUT2D eigenvalue weighted by atomic mass is 32.1. The summed E-state index contributed by atoms with van der Waals surface area (Å²) in [5.74, 6) is 0. The first-order valence-corrected chi connectivity index (χ1v) is 9.15. The average Bonchev–Trinajstić information content (AvgIpc) is 2.87. The van der Waals surface area contributed by atoms with Crippen LogP contribution in [0.15, 0.2) is 34.6 Å². The molecule has 0 unspecified atom stereocenters. The van der Waals surface area contributed by atoms with Crippen LogP contribution < -0.4 is 9.70 Å². The molecule has 1 aromatic heterocycles. The lowest BCUT2D eigenvalue weighted by atomic mass is 10.2. The van der Waals surface area contributed by atoms with Crippen molar-refractivity contribution in [2.45, 2.75) is 46.4 Å². The first-order valence-electron chi connectivity index (χ1n) is 8.27. The van der Waals surface area contributed by atoms with Crippen LogP contribution >= 0.6 is 11.3 Å². The third-order valence-corrected chi connectivity index (χ3v) is 5.15. The molecule has 4 nitrogen and oxygen atoms in total. The normalized spacial score (nSPS) is 22.6. The van der Waals surface area contributed by atoms with E-state index in [0.29, 0.717) is 0 Å². The van der Waals surface area contributed by atoms with E-state index in [9.17, 15) is 0 Å². The Bertz CT molecular complexity index is 707. The Morgan fingerprint density at radius 3 is 2.43 bits per heavy atom. The maximum atomic E-state index is 5.81. The third kappa shape index (κ3) is 3.67. The standard InChI is InChI=1S/C18H25N3OS/c1-5-21-13(2)12-23-18(21)19-16-6-8-17(9-7-16)20-10-14(3)22-15(4)11-20/h6-9,12,14-15H,5,10-11H2,1-4H3/t14-,15+. The van der Waals surface area contributed by atoms with Crippen molar-refractivity contribution in [3.63, 3.8) is 0 Å². The molecule has 3 rings (SSSR count). The smallest absolute Gasteiger partial charge is 0.190 e. The number of nitrogens with zero attached hydrogens (tertiary/aromatic N) is 3. The summed E-state index contributed by atoms with van der Waals surface area (Å²) < 4.78 is 8.05. The minimum Gasteiger partial charge on any atom is -0.372 e. The van der Waals surface area contributed by atoms with E-state index in [1.807, 2.05) is 0 Å². The molecule has 1 aliphatic rings. The fourth-order valence-corrected chi connectivity index (χ4v) is 4.09. The predicted molar refractivity (Wildman–Crippen MR) is 96.6 cm³/mol. The van der Waals surface area contributed by atoms with E-state index in [1.54, 1.807) is 11.3 Å². The maximum absolute atomic E-state index is 5.81. The number of aryl methyl sites for hydroxylation is 1. The van der Waals surface area contributed by atoms with E-state index in [2.05, 4.69) is 66.8 Å². The summed E-state index contributed by atoms with van der Waals surface area (Å²) >= 11 is 1.70. The maximum Gasteiger partial charge on any atom is 0.190 e. The first kappa shape index (κ1) is 16.3. The van der Waals surface area contributed by atoms with Crippen molar-refractivity contribution >= 4 is 22.7 Å². The predicted octanol–water partition coefficient (Wildman–Crippen LogP) is 3.72. The molecule has 1 aromatic carbocycles. The average molecular weight is 331 g/mol. The zero-order valence-corrected chi connectivity index (χ0v) is 15.1. The quantitative estimate of drug-likeness (QED) is 0.858. The van der Waals surface area contributed by atoms with Crippen LogP contribution in [-0.2, 0) is 11.3 Å². The molecule has 1 saturated heterocycles. The second-order valence-electron chi connectivity index (χ2n) is 6.19. The molecule has 23 heavy (non-hydrogen) atoms. The monoisotopic (exact) mass is 331 g/mol. The molecule has 0 aliphatic carbocycles. The summed E-state index contributed by atoms with van der Waals surface area (Å²) in [5, 5.41) is 2.16. The van der Waals surface area contributed by atoms with Gasteiger partial charge >= 0.3 is 0 Å². The van der Waals surface area contributed by atoms with Gasteiger partial charge in [-0.1, -0.05) is 0 Å². The molecule has 1 fully saturated rings. The lowest BCUT2D eigenvalue weighted by Crippen LogP contribution is -2.45. The summed E-state index contributed by atoms with van der Waals surface area (Å²) in [7, 11) is 0. The van der Waals surface area contributed by atoms with E-state index in [-0.39, 0.29) is 12.2 Å². The topological polar surface area (TPSA) is 29.8 Å². The molecule has 0 spiro atoms. The number of benzene rings is 1. The number of ether oxygens (including phenoxy) is 1. The van der Waals surface area contributed by atoms with Gasteiger partial charge in [0.05, 0.1) is 17.9 Å². The first-order chi connectivity index (χ1) is 11.1. The molecule has 0 bridgehead atoms. The Labute approximate surface area is 142 Å². The summed E-state index contributed by atoms with van der Waals surface area (Å²) in [4.78, 5) is 8.24. The Hall–Kier alpha value is -1.59. The molecule has 0 N–H and O–H groups in total. The van der Waals surface area contributed by atoms with Crippen LogP contribution in [0, 0.1) is 6.92 Å². The van der Waals surface area contributed by atoms with Gasteiger partial charge in [0.2, 0.25) is 0 Å². The molecule has 0 radical (unpaired) electrons. The van der Waals surface area contributed by atoms with Gasteiger partial charge in [-0.25, -0.2) is 4.99 Å². The number of morpholine rings is 1. The van der Waals surface area contributed by atoms with E-state index < -0.39 is 0 Å². The summed E-state index contributed by atoms with van der Waals surface area (Å²) in [5.41, 5.74) is 3.52. The fourth-order valence-electron chi connectivity index (χ4n) is 3.12. The van der Waals surface area contributed by atoms with Crippen LogP contribution in [0.5, 0.6) is 0 Å². The summed E-state index contributed by atoms with van der Waals surface area (Å²) in [6, 6.07) is 8.55. The molecule has 2 aromatic rings. The number of anilines is 1. The number of thiazole rings is 1. The Kier molecular flexibility index (Phi) is 4.87. The lowest BCUT2D eigenvalue weighted by Gasteiger charge is -2.36. The Balaban J connectivity index is 1.82. The zero-order valence-electron chi connectivity index (χ0n) is 14.3. The molecule has 1 aliphatic heterocycles. The zero-order chi connectivity index (χ0) is 16.4. The van der Waals surface area contributed by atoms with Gasteiger partial charge in [0.1, 0.15) is 0 Å². The third-order valence-electron chi connectivity index (χ3n) is 4.17. The summed E-state index contributed by atoms with van der Waals surface area (Å²) in [6.07, 6.45) is 0.557. The molecule has 0 saturated carbocycles. The SMILES string of the molecule is CCn1c(C)csc1=Nc1ccc(N2C[C@@H](C)O[C@@H](C)C2)cc1. The fraction of sp³-hybridized carbons (Fsp3) is 0.500. The van der Waals surface area contributed by atoms with Gasteiger partial charge < -0.3 is 14.2 Å². The van der Waals surface area contributed by atoms with Gasteiger partial charge in [-0.15, -0.1) is 11.3 Å². The van der Waals surface area contributed by atoms with Crippen molar-refractivity contribution in [1.29, 1.82) is 0 Å². The van der Waals surface area contributed by atoms with Crippen LogP contribution in [0.2, 0.25) is 0 Å². The second-order valence-corrected chi connectivity index (χ2v) is 7.03. The van der Waals surface area contributed by atoms with Crippen LogP contribution in [0.4, 0.5) is 11.4 Å². The van der Waals surface area contributed by atoms with Crippen LogP contribution in [0.25, 0.3) is 0 Å². The van der Waals surface area contributed by atoms with Crippen molar-refractivity contribution in [3.8, 4) is 0 Å². The van der Waals surface area contributed by atoms with Gasteiger partial charge in [-0.3, -0.25) is 0 Å². The highest BCUT2D eigenvalue weighted by Gasteiger charge is 2.22. The lowest BCUT2D eigenvalue weighted by molar-refractivity contribution is -0.00521. The van der Waals surface area contributed by atoms with Crippen molar-refractivity contribution in [2.75, 3.05) is 18.0 Å². The highest BCUT2D eigenvalue weighted by molar-refractivity contribution is 7.07. The number of aromatic nitrogens is 1. The van der Waals surface area contributed by atoms with Gasteiger partial charge in [-0.2, -0.15) is 0 Å². The summed E-state index contributed by atoms with van der Waals surface area (Å²) in [6.45, 7) is 11.4. The van der Waals surface area contributed by atoms with Crippen molar-refractivity contribution in [1.82, 2.24) is 4.57 Å². The number of hydrogen-bond donors (Lipinski definition) is 0. The molecule has 5 heteroatoms. The van der Waals surface area contributed by atoms with Crippen molar-refractivity contribution < 1.29 is 4.74 Å². The molecule has 124 valence electrons. The molecular weight excluding hydrogens is 306 g/mol. The van der Waals surface area contributed by atoms with E-state index in [0.717, 1.165) is 30.1 Å². The van der Waals surface area contributed by atoms with Crippen molar-refractivity contribution in [3.05, 3.63) is 40.1 Å². The van der Waals surface area contributed by atoms with Gasteiger partial charge in [0, 0.05) is 36.4 Å². The molecule has 0 amide bonds. The Morgan fingerprint density at radius 1 is 1.17 bits per heavy atom. The largest absolute Gasteiger partial charge is 0.372 e. The van der Waals surface area contributed by atoms with Gasteiger partial charge in [0.15, 0.2) is 4.80 Å². The molecule has 2 atom stereocenters. The highest BCUT2D eigenvalue weighted by Crippen LogP contribution is 2.23. The molecule has 2 heterocycles. The van der Waals surface area contributed by atoms with E-state index in [4.69, 9.17) is 9.73 Å². The Morgan fingerprint density at radius 2 is 1.83 bits per heavy atom. The minimum absolute atomic E-state index is 0.278. The van der Waals surface area contributed by atoms with Crippen LogP contribution in [-0.4, -0.2) is 29.9 Å². The molecular formula is C18H25N3OS. The van der Waals surface area contributed by atoms with Gasteiger partial charge in [0.25, 0.3) is 0 Å². The second kappa shape index (κ2) is 6.89. The van der Waals surface area contributed by atoms with Gasteiger partial charge in [-0.05, 0) is 52.0 Å². The van der Waals surface area contributed by atoms with E-state index >= 15 is 0 Å². The van der Waals surface area contributed by atoms with Crippen LogP contribution in [0.1, 0.15) is 26.5 Å². The van der Waals surface area contributed by atoms with Crippen LogP contribution in [0.3, 0.4) is 0 Å². The number of rotatable bonds is 3.